The number of aliphatic hydroxyl groups excluding tert-OH is 1. The molecular formula is C21H22F4O2. The topological polar surface area (TPSA) is 29.5 Å². The van der Waals surface area contributed by atoms with Gasteiger partial charge in [-0.15, -0.1) is 0 Å². The number of rotatable bonds is 4. The Morgan fingerprint density at radius 1 is 1.00 bits per heavy atom. The zero-order valence-electron chi connectivity index (χ0n) is 15.0. The second kappa shape index (κ2) is 7.89. The van der Waals surface area contributed by atoms with Crippen LogP contribution in [0.2, 0.25) is 0 Å². The quantitative estimate of drug-likeness (QED) is 0.503. The van der Waals surface area contributed by atoms with Gasteiger partial charge < -0.3 is 9.84 Å². The summed E-state index contributed by atoms with van der Waals surface area (Å²) in [6.07, 6.45) is -1.46. The van der Waals surface area contributed by atoms with Crippen LogP contribution in [0, 0.1) is 11.7 Å². The average molecular weight is 382 g/mol. The Bertz CT molecular complexity index is 763. The van der Waals surface area contributed by atoms with Crippen LogP contribution in [0.5, 0.6) is 5.75 Å². The van der Waals surface area contributed by atoms with Crippen molar-refractivity contribution >= 4 is 0 Å². The lowest BCUT2D eigenvalue weighted by atomic mass is 9.79. The molecule has 0 spiro atoms. The molecule has 0 aliphatic heterocycles. The Hall–Kier alpha value is -2.08. The summed E-state index contributed by atoms with van der Waals surface area (Å²) in [7, 11) is 0. The molecule has 1 atom stereocenters. The Labute approximate surface area is 155 Å². The first-order valence-electron chi connectivity index (χ1n) is 9.05. The van der Waals surface area contributed by atoms with Gasteiger partial charge in [-0.25, -0.2) is 4.39 Å². The van der Waals surface area contributed by atoms with E-state index >= 15 is 0 Å². The third-order valence-corrected chi connectivity index (χ3v) is 5.20. The second-order valence-corrected chi connectivity index (χ2v) is 7.23. The predicted molar refractivity (Wildman–Crippen MR) is 93.8 cm³/mol. The van der Waals surface area contributed by atoms with Gasteiger partial charge in [-0.1, -0.05) is 44.0 Å². The number of halogens is 4. The van der Waals surface area contributed by atoms with E-state index in [9.17, 15) is 22.7 Å². The first-order valence-corrected chi connectivity index (χ1v) is 9.05. The van der Waals surface area contributed by atoms with E-state index < -0.39 is 23.8 Å². The molecule has 0 saturated heterocycles. The molecule has 2 aromatic carbocycles. The number of aliphatic hydroxyl groups is 1. The molecule has 0 heterocycles. The van der Waals surface area contributed by atoms with Crippen LogP contribution in [0.1, 0.15) is 61.5 Å². The highest BCUT2D eigenvalue weighted by atomic mass is 19.4. The molecule has 1 fully saturated rings. The van der Waals surface area contributed by atoms with Crippen molar-refractivity contribution in [3.63, 3.8) is 0 Å². The van der Waals surface area contributed by atoms with Crippen LogP contribution in [0.15, 0.2) is 42.5 Å². The minimum atomic E-state index is -4.77. The lowest BCUT2D eigenvalue weighted by Crippen LogP contribution is -2.12. The molecule has 1 saturated carbocycles. The van der Waals surface area contributed by atoms with E-state index in [0.717, 1.165) is 24.8 Å². The summed E-state index contributed by atoms with van der Waals surface area (Å²) in [6.45, 7) is 2.26. The molecule has 27 heavy (non-hydrogen) atoms. The third kappa shape index (κ3) is 4.80. The fraction of sp³-hybridized carbons (Fsp3) is 0.429. The largest absolute Gasteiger partial charge is 0.461 e. The van der Waals surface area contributed by atoms with Gasteiger partial charge in [-0.3, -0.25) is 0 Å². The van der Waals surface area contributed by atoms with Crippen LogP contribution in [-0.2, 0) is 6.18 Å². The van der Waals surface area contributed by atoms with E-state index in [1.165, 1.54) is 18.4 Å². The zero-order chi connectivity index (χ0) is 19.6. The van der Waals surface area contributed by atoms with Crippen molar-refractivity contribution in [1.29, 1.82) is 0 Å². The predicted octanol–water partition coefficient (Wildman–Crippen LogP) is 6.21. The Kier molecular flexibility index (Phi) is 5.75. The molecule has 0 bridgehead atoms. The van der Waals surface area contributed by atoms with Gasteiger partial charge in [0, 0.05) is 11.6 Å². The summed E-state index contributed by atoms with van der Waals surface area (Å²) in [5.74, 6) is -0.329. The maximum Gasteiger partial charge on any atom is 0.419 e. The standard InChI is InChI=1S/C21H22F4O2/c1-13-2-4-14(5-3-13)15-6-8-16(9-7-15)20(26)27-17-10-11-18(19(22)12-17)21(23,24)25/h6-14,20,26H,2-5H2,1H3. The Morgan fingerprint density at radius 2 is 1.63 bits per heavy atom. The molecule has 1 aliphatic rings. The third-order valence-electron chi connectivity index (χ3n) is 5.20. The van der Waals surface area contributed by atoms with Crippen LogP contribution in [0.3, 0.4) is 0 Å². The molecular weight excluding hydrogens is 360 g/mol. The molecule has 2 nitrogen and oxygen atoms in total. The van der Waals surface area contributed by atoms with Gasteiger partial charge in [0.05, 0.1) is 5.56 Å². The normalized spacial score (nSPS) is 21.7. The number of hydrogen-bond donors (Lipinski definition) is 1. The lowest BCUT2D eigenvalue weighted by molar-refractivity contribution is -0.140. The average Bonchev–Trinajstić information content (AvgIpc) is 2.61. The summed E-state index contributed by atoms with van der Waals surface area (Å²) in [5, 5.41) is 10.2. The maximum atomic E-state index is 13.6. The van der Waals surface area contributed by atoms with Gasteiger partial charge in [0.25, 0.3) is 0 Å². The van der Waals surface area contributed by atoms with Crippen molar-refractivity contribution in [3.05, 3.63) is 65.0 Å². The Morgan fingerprint density at radius 3 is 2.19 bits per heavy atom. The van der Waals surface area contributed by atoms with E-state index in [1.807, 2.05) is 12.1 Å². The minimum absolute atomic E-state index is 0.168. The molecule has 146 valence electrons. The molecule has 3 rings (SSSR count). The van der Waals surface area contributed by atoms with Crippen LogP contribution in [0.25, 0.3) is 0 Å². The summed E-state index contributed by atoms with van der Waals surface area (Å²) >= 11 is 0. The van der Waals surface area contributed by atoms with E-state index in [1.54, 1.807) is 12.1 Å². The zero-order valence-corrected chi connectivity index (χ0v) is 15.0. The van der Waals surface area contributed by atoms with Crippen LogP contribution in [0.4, 0.5) is 17.6 Å². The number of ether oxygens (including phenoxy) is 1. The van der Waals surface area contributed by atoms with Gasteiger partial charge in [0.1, 0.15) is 11.6 Å². The molecule has 0 aromatic heterocycles. The van der Waals surface area contributed by atoms with Crippen molar-refractivity contribution in [2.75, 3.05) is 0 Å². The minimum Gasteiger partial charge on any atom is -0.461 e. The highest BCUT2D eigenvalue weighted by Gasteiger charge is 2.34. The first kappa shape index (κ1) is 19.7. The summed E-state index contributed by atoms with van der Waals surface area (Å²) in [4.78, 5) is 0. The highest BCUT2D eigenvalue weighted by Crippen LogP contribution is 2.36. The summed E-state index contributed by atoms with van der Waals surface area (Å²) in [5.41, 5.74) is 0.303. The van der Waals surface area contributed by atoms with Crippen molar-refractivity contribution in [3.8, 4) is 5.75 Å². The van der Waals surface area contributed by atoms with Crippen molar-refractivity contribution in [1.82, 2.24) is 0 Å². The Balaban J connectivity index is 1.66. The number of benzene rings is 2. The molecule has 6 heteroatoms. The monoisotopic (exact) mass is 382 g/mol. The van der Waals surface area contributed by atoms with E-state index in [4.69, 9.17) is 4.74 Å². The van der Waals surface area contributed by atoms with Crippen LogP contribution < -0.4 is 4.74 Å². The van der Waals surface area contributed by atoms with Gasteiger partial charge in [0.2, 0.25) is 6.29 Å². The maximum absolute atomic E-state index is 13.6. The molecule has 1 N–H and O–H groups in total. The van der Waals surface area contributed by atoms with Crippen molar-refractivity contribution in [2.45, 2.75) is 51.0 Å². The molecule has 1 aliphatic carbocycles. The van der Waals surface area contributed by atoms with Crippen molar-refractivity contribution in [2.24, 2.45) is 5.92 Å². The van der Waals surface area contributed by atoms with Crippen LogP contribution in [-0.4, -0.2) is 5.11 Å². The van der Waals surface area contributed by atoms with Gasteiger partial charge in [0.15, 0.2) is 0 Å². The summed E-state index contributed by atoms with van der Waals surface area (Å²) < 4.78 is 56.6. The number of hydrogen-bond acceptors (Lipinski definition) is 2. The van der Waals surface area contributed by atoms with Crippen LogP contribution >= 0.6 is 0 Å². The lowest BCUT2D eigenvalue weighted by Gasteiger charge is -2.26. The SMILES string of the molecule is CC1CCC(c2ccc(C(O)Oc3ccc(C(F)(F)F)c(F)c3)cc2)CC1. The van der Waals surface area contributed by atoms with Gasteiger partial charge in [-0.05, 0) is 42.4 Å². The fourth-order valence-corrected chi connectivity index (χ4v) is 3.52. The molecule has 0 radical (unpaired) electrons. The number of alkyl halides is 3. The highest BCUT2D eigenvalue weighted by molar-refractivity contribution is 5.32. The summed E-state index contributed by atoms with van der Waals surface area (Å²) in [6, 6.07) is 9.57. The smallest absolute Gasteiger partial charge is 0.419 e. The molecule has 1 unspecified atom stereocenters. The molecule has 2 aromatic rings. The first-order chi connectivity index (χ1) is 12.7. The van der Waals surface area contributed by atoms with E-state index in [2.05, 4.69) is 6.92 Å². The second-order valence-electron chi connectivity index (χ2n) is 7.23. The fourth-order valence-electron chi connectivity index (χ4n) is 3.52. The van der Waals surface area contributed by atoms with Gasteiger partial charge >= 0.3 is 6.18 Å². The van der Waals surface area contributed by atoms with Gasteiger partial charge in [-0.2, -0.15) is 13.2 Å². The van der Waals surface area contributed by atoms with E-state index in [0.29, 0.717) is 23.6 Å². The van der Waals surface area contributed by atoms with E-state index in [-0.39, 0.29) is 5.75 Å². The van der Waals surface area contributed by atoms with Crippen molar-refractivity contribution < 1.29 is 27.4 Å². The molecule has 0 amide bonds.